The predicted molar refractivity (Wildman–Crippen MR) is 91.9 cm³/mol. The monoisotopic (exact) mass is 319 g/mol. The van der Waals surface area contributed by atoms with Crippen LogP contribution in [0, 0.1) is 5.92 Å². The van der Waals surface area contributed by atoms with Crippen LogP contribution in [0.15, 0.2) is 25.3 Å². The van der Waals surface area contributed by atoms with Crippen LogP contribution in [0.3, 0.4) is 0 Å². The molecule has 5 nitrogen and oxygen atoms in total. The van der Waals surface area contributed by atoms with E-state index in [9.17, 15) is 9.59 Å². The molecular formula is C18H29N3O2. The topological polar surface area (TPSA) is 43.9 Å². The number of carbonyl (C=O) groups excluding carboxylic acids is 2. The molecule has 0 radical (unpaired) electrons. The van der Waals surface area contributed by atoms with Gasteiger partial charge >= 0.3 is 0 Å². The Kier molecular flexibility index (Phi) is 6.39. The molecule has 5 heteroatoms. The van der Waals surface area contributed by atoms with Gasteiger partial charge in [-0.05, 0) is 32.7 Å². The summed E-state index contributed by atoms with van der Waals surface area (Å²) in [5, 5.41) is 0. The highest BCUT2D eigenvalue weighted by molar-refractivity contribution is 5.89. The summed E-state index contributed by atoms with van der Waals surface area (Å²) >= 11 is 0. The Bertz CT molecular complexity index is 445. The lowest BCUT2D eigenvalue weighted by atomic mass is 9.99. The van der Waals surface area contributed by atoms with Crippen molar-refractivity contribution in [2.45, 2.75) is 31.7 Å². The first kappa shape index (κ1) is 17.7. The molecule has 0 N–H and O–H groups in total. The minimum absolute atomic E-state index is 0.0785. The molecule has 0 aliphatic carbocycles. The number of carbonyl (C=O) groups is 2. The van der Waals surface area contributed by atoms with Gasteiger partial charge in [-0.15, -0.1) is 13.2 Å². The Hall–Kier alpha value is -1.62. The van der Waals surface area contributed by atoms with Crippen LogP contribution in [-0.4, -0.2) is 72.3 Å². The highest BCUT2D eigenvalue weighted by atomic mass is 16.2. The van der Waals surface area contributed by atoms with Crippen LogP contribution in [-0.2, 0) is 9.59 Å². The largest absolute Gasteiger partial charge is 0.338 e. The maximum atomic E-state index is 12.8. The molecule has 0 aromatic heterocycles. The van der Waals surface area contributed by atoms with Crippen molar-refractivity contribution in [1.29, 1.82) is 0 Å². The van der Waals surface area contributed by atoms with Crippen molar-refractivity contribution in [3.05, 3.63) is 25.3 Å². The normalized spacial score (nSPS) is 22.4. The summed E-state index contributed by atoms with van der Waals surface area (Å²) in [5.74, 6) is 0.0700. The summed E-state index contributed by atoms with van der Waals surface area (Å²) in [4.78, 5) is 31.6. The minimum Gasteiger partial charge on any atom is -0.338 e. The highest BCUT2D eigenvalue weighted by Gasteiger charge is 2.38. The predicted octanol–water partition coefficient (Wildman–Crippen LogP) is 1.52. The summed E-state index contributed by atoms with van der Waals surface area (Å²) in [6.07, 6.45) is 6.52. The zero-order valence-corrected chi connectivity index (χ0v) is 14.2. The third-order valence-corrected chi connectivity index (χ3v) is 4.89. The van der Waals surface area contributed by atoms with E-state index in [-0.39, 0.29) is 23.8 Å². The summed E-state index contributed by atoms with van der Waals surface area (Å²) in [7, 11) is 2.07. The first-order valence-corrected chi connectivity index (χ1v) is 8.58. The van der Waals surface area contributed by atoms with E-state index in [1.54, 1.807) is 17.1 Å². The van der Waals surface area contributed by atoms with Crippen molar-refractivity contribution in [3.63, 3.8) is 0 Å². The van der Waals surface area contributed by atoms with Gasteiger partial charge in [0, 0.05) is 38.6 Å². The van der Waals surface area contributed by atoms with E-state index in [4.69, 9.17) is 0 Å². The van der Waals surface area contributed by atoms with Crippen molar-refractivity contribution >= 4 is 11.8 Å². The second-order valence-corrected chi connectivity index (χ2v) is 6.56. The fourth-order valence-corrected chi connectivity index (χ4v) is 3.46. The Morgan fingerprint density at radius 2 is 1.70 bits per heavy atom. The average molecular weight is 319 g/mol. The number of nitrogens with zero attached hydrogens (tertiary/aromatic N) is 3. The van der Waals surface area contributed by atoms with Gasteiger partial charge in [-0.3, -0.25) is 9.59 Å². The number of hydrogen-bond acceptors (Lipinski definition) is 3. The summed E-state index contributed by atoms with van der Waals surface area (Å²) in [5.41, 5.74) is 0. The van der Waals surface area contributed by atoms with Crippen LogP contribution in [0.1, 0.15) is 25.7 Å². The number of hydrogen-bond donors (Lipinski definition) is 0. The maximum Gasteiger partial charge on any atom is 0.245 e. The Balaban J connectivity index is 2.03. The van der Waals surface area contributed by atoms with Crippen LogP contribution in [0.2, 0.25) is 0 Å². The molecule has 1 atom stereocenters. The lowest BCUT2D eigenvalue weighted by Crippen LogP contribution is -2.54. The standard InChI is InChI=1S/C18H29N3O2/c1-4-7-15(8-5-2)17(22)21-10-6-9-16(21)18(23)20-13-11-19(3)12-14-20/h4-5,15-16H,1-2,6-14H2,3H3. The zero-order valence-electron chi connectivity index (χ0n) is 14.2. The molecule has 128 valence electrons. The molecule has 0 spiro atoms. The molecule has 0 bridgehead atoms. The molecule has 0 aromatic rings. The molecule has 2 rings (SSSR count). The van der Waals surface area contributed by atoms with Gasteiger partial charge in [0.25, 0.3) is 0 Å². The van der Waals surface area contributed by atoms with Gasteiger partial charge in [0.2, 0.25) is 11.8 Å². The fraction of sp³-hybridized carbons (Fsp3) is 0.667. The van der Waals surface area contributed by atoms with Gasteiger partial charge in [0.05, 0.1) is 0 Å². The second kappa shape index (κ2) is 8.29. The summed E-state index contributed by atoms with van der Waals surface area (Å²) in [6, 6.07) is -0.275. The van der Waals surface area contributed by atoms with Crippen LogP contribution in [0.4, 0.5) is 0 Å². The van der Waals surface area contributed by atoms with E-state index in [1.807, 2.05) is 4.90 Å². The van der Waals surface area contributed by atoms with Gasteiger partial charge in [0.1, 0.15) is 6.04 Å². The van der Waals surface area contributed by atoms with Gasteiger partial charge in [0.15, 0.2) is 0 Å². The number of piperazine rings is 1. The van der Waals surface area contributed by atoms with Crippen molar-refractivity contribution in [2.24, 2.45) is 5.92 Å². The van der Waals surface area contributed by atoms with Gasteiger partial charge in [-0.2, -0.15) is 0 Å². The van der Waals surface area contributed by atoms with Crippen molar-refractivity contribution in [2.75, 3.05) is 39.8 Å². The van der Waals surface area contributed by atoms with Crippen molar-refractivity contribution in [3.8, 4) is 0 Å². The van der Waals surface area contributed by atoms with Crippen molar-refractivity contribution < 1.29 is 9.59 Å². The van der Waals surface area contributed by atoms with Crippen LogP contribution >= 0.6 is 0 Å². The number of allylic oxidation sites excluding steroid dienone is 2. The molecule has 0 saturated carbocycles. The SMILES string of the molecule is C=CCC(CC=C)C(=O)N1CCCC1C(=O)N1CCN(C)CC1. The van der Waals surface area contributed by atoms with E-state index in [1.165, 1.54) is 0 Å². The first-order valence-electron chi connectivity index (χ1n) is 8.58. The molecule has 2 amide bonds. The molecule has 1 unspecified atom stereocenters. The molecule has 2 saturated heterocycles. The number of likely N-dealkylation sites (N-methyl/N-ethyl adjacent to an activating group) is 1. The summed E-state index contributed by atoms with van der Waals surface area (Å²) in [6.45, 7) is 11.5. The van der Waals surface area contributed by atoms with E-state index >= 15 is 0 Å². The van der Waals surface area contributed by atoms with E-state index in [0.29, 0.717) is 19.4 Å². The molecule has 2 aliphatic rings. The van der Waals surface area contributed by atoms with E-state index in [2.05, 4.69) is 25.1 Å². The molecule has 2 fully saturated rings. The van der Waals surface area contributed by atoms with Crippen LogP contribution in [0.5, 0.6) is 0 Å². The van der Waals surface area contributed by atoms with E-state index < -0.39 is 0 Å². The molecular weight excluding hydrogens is 290 g/mol. The molecule has 2 aliphatic heterocycles. The highest BCUT2D eigenvalue weighted by Crippen LogP contribution is 2.24. The van der Waals surface area contributed by atoms with Crippen LogP contribution in [0.25, 0.3) is 0 Å². The first-order chi connectivity index (χ1) is 11.1. The minimum atomic E-state index is -0.275. The van der Waals surface area contributed by atoms with Gasteiger partial charge in [-0.1, -0.05) is 12.2 Å². The fourth-order valence-electron chi connectivity index (χ4n) is 3.46. The Morgan fingerprint density at radius 1 is 1.09 bits per heavy atom. The summed E-state index contributed by atoms with van der Waals surface area (Å²) < 4.78 is 0. The van der Waals surface area contributed by atoms with Gasteiger partial charge < -0.3 is 14.7 Å². The number of amides is 2. The number of likely N-dealkylation sites (tertiary alicyclic amines) is 1. The molecule has 2 heterocycles. The quantitative estimate of drug-likeness (QED) is 0.697. The Labute approximate surface area is 139 Å². The smallest absolute Gasteiger partial charge is 0.245 e. The third kappa shape index (κ3) is 4.22. The second-order valence-electron chi connectivity index (χ2n) is 6.56. The average Bonchev–Trinajstić information content (AvgIpc) is 3.03. The van der Waals surface area contributed by atoms with Gasteiger partial charge in [-0.25, -0.2) is 0 Å². The third-order valence-electron chi connectivity index (χ3n) is 4.89. The lowest BCUT2D eigenvalue weighted by molar-refractivity contribution is -0.146. The number of rotatable bonds is 6. The Morgan fingerprint density at radius 3 is 2.26 bits per heavy atom. The van der Waals surface area contributed by atoms with Crippen LogP contribution < -0.4 is 0 Å². The zero-order chi connectivity index (χ0) is 16.8. The van der Waals surface area contributed by atoms with E-state index in [0.717, 1.165) is 39.0 Å². The lowest BCUT2D eigenvalue weighted by Gasteiger charge is -2.36. The van der Waals surface area contributed by atoms with Crippen molar-refractivity contribution in [1.82, 2.24) is 14.7 Å². The maximum absolute atomic E-state index is 12.8. The molecule has 23 heavy (non-hydrogen) atoms. The molecule has 0 aromatic carbocycles.